The Bertz CT molecular complexity index is 1580. The molecule has 0 bridgehead atoms. The van der Waals surface area contributed by atoms with Gasteiger partial charge >= 0.3 is 0 Å². The van der Waals surface area contributed by atoms with Crippen molar-refractivity contribution >= 4 is 38.3 Å². The Morgan fingerprint density at radius 1 is 1.09 bits per heavy atom. The molecule has 0 saturated heterocycles. The third-order valence-electron chi connectivity index (χ3n) is 5.24. The number of sulfone groups is 1. The summed E-state index contributed by atoms with van der Waals surface area (Å²) < 4.78 is 38.9. The number of nitrogens with two attached hydrogens (primary N) is 2. The number of fused-ring (bicyclic) bond motifs is 1. The average molecular weight is 478 g/mol. The number of nitriles is 1. The Kier molecular flexibility index (Phi) is 5.76. The maximum atomic E-state index is 13.9. The van der Waals surface area contributed by atoms with E-state index in [0.717, 1.165) is 6.26 Å². The summed E-state index contributed by atoms with van der Waals surface area (Å²) in [6.07, 6.45) is 1.11. The first-order valence-corrected chi connectivity index (χ1v) is 12.0. The first-order valence-electron chi connectivity index (χ1n) is 10.1. The summed E-state index contributed by atoms with van der Waals surface area (Å²) in [5, 5.41) is 13.2. The van der Waals surface area contributed by atoms with Crippen LogP contribution in [0.3, 0.4) is 0 Å². The molecule has 0 radical (unpaired) electrons. The van der Waals surface area contributed by atoms with E-state index in [9.17, 15) is 18.1 Å². The molecule has 0 aliphatic rings. The number of anilines is 3. The monoisotopic (exact) mass is 477 g/mol. The van der Waals surface area contributed by atoms with Crippen LogP contribution in [-0.2, 0) is 9.84 Å². The summed E-state index contributed by atoms with van der Waals surface area (Å²) in [6, 6.07) is 13.8. The lowest BCUT2D eigenvalue weighted by molar-refractivity contribution is 0.602. The van der Waals surface area contributed by atoms with Crippen molar-refractivity contribution in [2.45, 2.75) is 17.9 Å². The van der Waals surface area contributed by atoms with E-state index in [1.54, 1.807) is 37.3 Å². The first-order chi connectivity index (χ1) is 16.1. The Morgan fingerprint density at radius 3 is 2.53 bits per heavy atom. The molecule has 2 heterocycles. The van der Waals surface area contributed by atoms with Gasteiger partial charge in [-0.3, -0.25) is 0 Å². The molecular weight excluding hydrogens is 457 g/mol. The molecule has 0 aliphatic heterocycles. The van der Waals surface area contributed by atoms with Crippen LogP contribution in [0.4, 0.5) is 22.0 Å². The normalized spacial score (nSPS) is 12.3. The van der Waals surface area contributed by atoms with Crippen LogP contribution in [0.25, 0.3) is 22.2 Å². The van der Waals surface area contributed by atoms with Crippen molar-refractivity contribution in [1.82, 2.24) is 15.0 Å². The van der Waals surface area contributed by atoms with Crippen molar-refractivity contribution < 1.29 is 12.8 Å². The van der Waals surface area contributed by atoms with E-state index in [-0.39, 0.29) is 28.0 Å². The van der Waals surface area contributed by atoms with E-state index in [1.807, 2.05) is 6.07 Å². The molecule has 172 valence electrons. The molecule has 5 N–H and O–H groups in total. The number of hydrogen-bond donors (Lipinski definition) is 3. The van der Waals surface area contributed by atoms with Gasteiger partial charge in [-0.15, -0.1) is 0 Å². The fourth-order valence-corrected chi connectivity index (χ4v) is 4.57. The van der Waals surface area contributed by atoms with E-state index in [0.29, 0.717) is 27.7 Å². The maximum Gasteiger partial charge on any atom is 0.224 e. The van der Waals surface area contributed by atoms with Gasteiger partial charge in [0, 0.05) is 28.8 Å². The fourth-order valence-electron chi connectivity index (χ4n) is 3.68. The zero-order valence-corrected chi connectivity index (χ0v) is 19.1. The minimum atomic E-state index is -3.60. The Hall–Kier alpha value is -4.30. The molecule has 4 rings (SSSR count). The summed E-state index contributed by atoms with van der Waals surface area (Å²) >= 11 is 0. The smallest absolute Gasteiger partial charge is 0.224 e. The molecule has 2 aromatic carbocycles. The molecule has 0 amide bonds. The highest BCUT2D eigenvalue weighted by Crippen LogP contribution is 2.35. The highest BCUT2D eigenvalue weighted by atomic mass is 32.2. The molecule has 0 saturated carbocycles. The molecule has 0 fully saturated rings. The summed E-state index contributed by atoms with van der Waals surface area (Å²) in [7, 11) is -3.60. The van der Waals surface area contributed by atoms with Gasteiger partial charge in [0.1, 0.15) is 23.3 Å². The van der Waals surface area contributed by atoms with Crippen LogP contribution in [0.5, 0.6) is 0 Å². The number of hydrogen-bond acceptors (Lipinski definition) is 9. The van der Waals surface area contributed by atoms with Gasteiger partial charge in [0.15, 0.2) is 15.7 Å². The van der Waals surface area contributed by atoms with Crippen LogP contribution in [0, 0.1) is 17.1 Å². The zero-order valence-electron chi connectivity index (χ0n) is 18.2. The van der Waals surface area contributed by atoms with Gasteiger partial charge < -0.3 is 16.8 Å². The second kappa shape index (κ2) is 8.57. The van der Waals surface area contributed by atoms with Gasteiger partial charge in [0.2, 0.25) is 5.95 Å². The molecule has 4 aromatic rings. The minimum absolute atomic E-state index is 0.0231. The third-order valence-corrected chi connectivity index (χ3v) is 6.39. The van der Waals surface area contributed by atoms with Crippen LogP contribution in [0.2, 0.25) is 0 Å². The second-order valence-corrected chi connectivity index (χ2v) is 9.68. The van der Waals surface area contributed by atoms with Crippen molar-refractivity contribution in [3.63, 3.8) is 0 Å². The van der Waals surface area contributed by atoms with E-state index < -0.39 is 21.7 Å². The number of pyridine rings is 1. The van der Waals surface area contributed by atoms with E-state index in [2.05, 4.69) is 20.3 Å². The summed E-state index contributed by atoms with van der Waals surface area (Å²) in [5.41, 5.74) is 13.2. The Balaban J connectivity index is 1.95. The van der Waals surface area contributed by atoms with Crippen LogP contribution >= 0.6 is 0 Å². The Labute approximate surface area is 195 Å². The molecular formula is C23H20FN7O2S. The maximum absolute atomic E-state index is 13.9. The summed E-state index contributed by atoms with van der Waals surface area (Å²) in [5.74, 6) is -0.520. The second-order valence-electron chi connectivity index (χ2n) is 7.70. The number of benzene rings is 2. The SMILES string of the molecule is C[C@H](Nc1nc(N)nc(N)c1C#N)c1cc2ccc(F)cc2nc1-c1ccccc1S(C)(=O)=O. The van der Waals surface area contributed by atoms with Gasteiger partial charge in [-0.05, 0) is 31.2 Å². The number of nitrogen functional groups attached to an aromatic ring is 2. The summed E-state index contributed by atoms with van der Waals surface area (Å²) in [6.45, 7) is 1.79. The molecule has 0 unspecified atom stereocenters. The van der Waals surface area contributed by atoms with Crippen molar-refractivity contribution in [3.05, 3.63) is 65.5 Å². The van der Waals surface area contributed by atoms with Crippen molar-refractivity contribution in [1.29, 1.82) is 5.26 Å². The zero-order chi connectivity index (χ0) is 24.6. The van der Waals surface area contributed by atoms with E-state index >= 15 is 0 Å². The predicted molar refractivity (Wildman–Crippen MR) is 128 cm³/mol. The van der Waals surface area contributed by atoms with Crippen molar-refractivity contribution in [2.24, 2.45) is 0 Å². The number of aromatic nitrogens is 3. The lowest BCUT2D eigenvalue weighted by Crippen LogP contribution is -2.14. The molecule has 0 aliphatic carbocycles. The van der Waals surface area contributed by atoms with Crippen LogP contribution in [-0.4, -0.2) is 29.6 Å². The molecule has 34 heavy (non-hydrogen) atoms. The number of halogens is 1. The number of nitrogens with one attached hydrogen (secondary N) is 1. The quantitative estimate of drug-likeness (QED) is 0.391. The Morgan fingerprint density at radius 2 is 1.82 bits per heavy atom. The number of nitrogens with zero attached hydrogens (tertiary/aromatic N) is 4. The van der Waals surface area contributed by atoms with Crippen LogP contribution in [0.1, 0.15) is 24.1 Å². The van der Waals surface area contributed by atoms with Crippen molar-refractivity contribution in [3.8, 4) is 17.3 Å². The highest BCUT2D eigenvalue weighted by molar-refractivity contribution is 7.90. The van der Waals surface area contributed by atoms with Crippen molar-refractivity contribution in [2.75, 3.05) is 23.0 Å². The molecule has 11 heteroatoms. The predicted octanol–water partition coefficient (Wildman–Crippen LogP) is 3.44. The minimum Gasteiger partial charge on any atom is -0.382 e. The highest BCUT2D eigenvalue weighted by Gasteiger charge is 2.22. The lowest BCUT2D eigenvalue weighted by atomic mass is 9.98. The average Bonchev–Trinajstić information content (AvgIpc) is 2.77. The van der Waals surface area contributed by atoms with E-state index in [4.69, 9.17) is 11.5 Å². The largest absolute Gasteiger partial charge is 0.382 e. The van der Waals surface area contributed by atoms with Gasteiger partial charge in [0.25, 0.3) is 0 Å². The molecule has 2 aromatic heterocycles. The third kappa shape index (κ3) is 4.31. The number of rotatable bonds is 5. The van der Waals surface area contributed by atoms with Gasteiger partial charge in [-0.2, -0.15) is 15.2 Å². The molecule has 0 spiro atoms. The van der Waals surface area contributed by atoms with E-state index in [1.165, 1.54) is 18.2 Å². The molecule has 1 atom stereocenters. The standard InChI is InChI=1S/C23H20FN7O2S/c1-12(28-22-17(11-25)21(26)30-23(27)31-22)16-9-13-7-8-14(24)10-18(13)29-20(16)15-5-3-4-6-19(15)34(2,32)33/h3-10,12H,1-2H3,(H5,26,27,28,30,31)/t12-/m0/s1. The van der Waals surface area contributed by atoms with Gasteiger partial charge in [-0.1, -0.05) is 18.2 Å². The van der Waals surface area contributed by atoms with Crippen LogP contribution in [0.15, 0.2) is 53.4 Å². The van der Waals surface area contributed by atoms with Gasteiger partial charge in [0.05, 0.1) is 22.1 Å². The molecule has 9 nitrogen and oxygen atoms in total. The fraction of sp³-hybridized carbons (Fsp3) is 0.130. The van der Waals surface area contributed by atoms with Crippen LogP contribution < -0.4 is 16.8 Å². The first kappa shape index (κ1) is 22.9. The lowest BCUT2D eigenvalue weighted by Gasteiger charge is -2.21. The summed E-state index contributed by atoms with van der Waals surface area (Å²) in [4.78, 5) is 12.6. The van der Waals surface area contributed by atoms with Gasteiger partial charge in [-0.25, -0.2) is 17.8 Å². The topological polar surface area (TPSA) is 161 Å².